The molecule has 0 spiro atoms. The molecule has 5 rings (SSSR count). The lowest BCUT2D eigenvalue weighted by Gasteiger charge is -2.42. The van der Waals surface area contributed by atoms with Crippen LogP contribution in [0.5, 0.6) is 0 Å². The summed E-state index contributed by atoms with van der Waals surface area (Å²) in [4.78, 5) is 25.5. The van der Waals surface area contributed by atoms with Crippen molar-refractivity contribution in [3.63, 3.8) is 0 Å². The summed E-state index contributed by atoms with van der Waals surface area (Å²) >= 11 is 0. The van der Waals surface area contributed by atoms with Crippen LogP contribution in [0.15, 0.2) is 12.3 Å². The average Bonchev–Trinajstić information content (AvgIpc) is 3.56. The number of carbonyl (C=O) groups is 1. The van der Waals surface area contributed by atoms with Gasteiger partial charge in [-0.25, -0.2) is 9.97 Å². The van der Waals surface area contributed by atoms with Gasteiger partial charge in [-0.3, -0.25) is 4.79 Å². The predicted octanol–water partition coefficient (Wildman–Crippen LogP) is 2.73. The van der Waals surface area contributed by atoms with Crippen molar-refractivity contribution in [3.05, 3.63) is 18.0 Å². The maximum absolute atomic E-state index is 14.1. The zero-order valence-electron chi connectivity index (χ0n) is 20.8. The zero-order chi connectivity index (χ0) is 25.3. The molecule has 4 fully saturated rings. The zero-order valence-corrected chi connectivity index (χ0v) is 20.8. The Labute approximate surface area is 209 Å². The first-order valence-electron chi connectivity index (χ1n) is 13.1. The van der Waals surface area contributed by atoms with Crippen molar-refractivity contribution in [2.24, 2.45) is 17.3 Å². The van der Waals surface area contributed by atoms with E-state index in [0.29, 0.717) is 57.4 Å². The average molecular weight is 512 g/mol. The molecular weight excluding hydrogens is 475 g/mol. The quantitative estimate of drug-likeness (QED) is 0.651. The molecule has 4 aliphatic rings. The second-order valence-corrected chi connectivity index (χ2v) is 10.8. The Bertz CT molecular complexity index is 920. The van der Waals surface area contributed by atoms with E-state index >= 15 is 0 Å². The van der Waals surface area contributed by atoms with E-state index in [-0.39, 0.29) is 17.8 Å². The molecule has 2 unspecified atom stereocenters. The van der Waals surface area contributed by atoms with Gasteiger partial charge < -0.3 is 24.6 Å². The number of anilines is 1. The first-order valence-corrected chi connectivity index (χ1v) is 13.1. The van der Waals surface area contributed by atoms with Gasteiger partial charge in [-0.15, -0.1) is 0 Å². The van der Waals surface area contributed by atoms with Gasteiger partial charge in [-0.05, 0) is 50.0 Å². The molecule has 1 N–H and O–H groups in total. The van der Waals surface area contributed by atoms with Gasteiger partial charge in [0.25, 0.3) is 0 Å². The smallest absolute Gasteiger partial charge is 0.381 e. The van der Waals surface area contributed by atoms with Crippen LogP contribution < -0.4 is 10.2 Å². The second-order valence-electron chi connectivity index (χ2n) is 10.8. The highest BCUT2D eigenvalue weighted by Crippen LogP contribution is 2.49. The Hall–Kier alpha value is -1.98. The highest BCUT2D eigenvalue weighted by Gasteiger charge is 2.53. The fourth-order valence-corrected chi connectivity index (χ4v) is 6.44. The lowest BCUT2D eigenvalue weighted by atomic mass is 9.71. The van der Waals surface area contributed by atoms with Crippen LogP contribution in [0, 0.1) is 17.3 Å². The minimum absolute atomic E-state index is 0.0616. The molecule has 0 aromatic carbocycles. The molecule has 1 aromatic heterocycles. The van der Waals surface area contributed by atoms with Gasteiger partial charge in [0.1, 0.15) is 5.69 Å². The van der Waals surface area contributed by atoms with Gasteiger partial charge in [-0.1, -0.05) is 6.92 Å². The first-order chi connectivity index (χ1) is 17.3. The summed E-state index contributed by atoms with van der Waals surface area (Å²) in [5.41, 5.74) is -1.40. The summed E-state index contributed by atoms with van der Waals surface area (Å²) in [6.45, 7) is 6.77. The number of amides is 1. The van der Waals surface area contributed by atoms with Crippen molar-refractivity contribution in [1.82, 2.24) is 20.2 Å². The third kappa shape index (κ3) is 5.19. The number of carbonyl (C=O) groups excluding carboxylic acids is 1. The Kier molecular flexibility index (Phi) is 7.42. The Morgan fingerprint density at radius 2 is 1.86 bits per heavy atom. The Morgan fingerprint density at radius 1 is 1.11 bits per heavy atom. The van der Waals surface area contributed by atoms with E-state index in [1.165, 1.54) is 0 Å². The molecule has 1 aromatic rings. The monoisotopic (exact) mass is 511 g/mol. The maximum Gasteiger partial charge on any atom is 0.433 e. The van der Waals surface area contributed by atoms with Crippen LogP contribution in [0.25, 0.3) is 0 Å². The topological polar surface area (TPSA) is 79.8 Å². The van der Waals surface area contributed by atoms with E-state index < -0.39 is 17.3 Å². The van der Waals surface area contributed by atoms with Crippen molar-refractivity contribution in [1.29, 1.82) is 0 Å². The van der Waals surface area contributed by atoms with Crippen LogP contribution in [0.1, 0.15) is 44.7 Å². The summed E-state index contributed by atoms with van der Waals surface area (Å²) in [6, 6.07) is 1.58. The predicted molar refractivity (Wildman–Crippen MR) is 126 cm³/mol. The van der Waals surface area contributed by atoms with Crippen LogP contribution in [-0.2, 0) is 20.4 Å². The van der Waals surface area contributed by atoms with Gasteiger partial charge in [0.15, 0.2) is 0 Å². The van der Waals surface area contributed by atoms with E-state index in [1.807, 2.05) is 4.90 Å². The third-order valence-electron chi connectivity index (χ3n) is 8.56. The fraction of sp³-hybridized carbons (Fsp3) is 0.800. The number of nitrogens with one attached hydrogen (secondary N) is 1. The number of alkyl halides is 3. The molecular formula is C25H36F3N5O3. The molecule has 5 atom stereocenters. The Morgan fingerprint density at radius 3 is 2.56 bits per heavy atom. The normalized spacial score (nSPS) is 33.8. The number of piperazine rings is 1. The highest BCUT2D eigenvalue weighted by atomic mass is 19.4. The molecule has 0 bridgehead atoms. The standard InChI is InChI=1S/C25H36F3N5O3/c1-17-15-35-13-5-20(17)30-19-2-6-24(14-19,18-4-12-36-16-18)22(34)32-8-10-33(11-9-32)23-29-7-3-21(31-23)25(26,27)28/h3,7,17-20,30H,2,4-6,8-16H2,1H3/t17?,18-,19-,20-,24?/m1/s1. The second kappa shape index (κ2) is 10.4. The van der Waals surface area contributed by atoms with Crippen molar-refractivity contribution in [3.8, 4) is 0 Å². The van der Waals surface area contributed by atoms with Crippen LogP contribution in [0.4, 0.5) is 19.1 Å². The Balaban J connectivity index is 1.25. The number of aromatic nitrogens is 2. The maximum atomic E-state index is 14.1. The molecule has 36 heavy (non-hydrogen) atoms. The summed E-state index contributed by atoms with van der Waals surface area (Å²) < 4.78 is 50.6. The molecule has 1 saturated carbocycles. The molecule has 8 nitrogen and oxygen atoms in total. The highest BCUT2D eigenvalue weighted by molar-refractivity contribution is 5.84. The molecule has 1 aliphatic carbocycles. The number of halogens is 3. The number of hydrogen-bond acceptors (Lipinski definition) is 7. The molecule has 0 radical (unpaired) electrons. The number of nitrogens with zero attached hydrogens (tertiary/aromatic N) is 4. The summed E-state index contributed by atoms with van der Waals surface area (Å²) in [7, 11) is 0. The van der Waals surface area contributed by atoms with E-state index in [4.69, 9.17) is 9.47 Å². The number of rotatable bonds is 5. The summed E-state index contributed by atoms with van der Waals surface area (Å²) in [5.74, 6) is 0.887. The van der Waals surface area contributed by atoms with Gasteiger partial charge >= 0.3 is 6.18 Å². The largest absolute Gasteiger partial charge is 0.433 e. The molecule has 11 heteroatoms. The van der Waals surface area contributed by atoms with Crippen LogP contribution in [0.3, 0.4) is 0 Å². The van der Waals surface area contributed by atoms with E-state index in [9.17, 15) is 18.0 Å². The molecule has 200 valence electrons. The lowest BCUT2D eigenvalue weighted by Crippen LogP contribution is -2.55. The van der Waals surface area contributed by atoms with Crippen molar-refractivity contribution in [2.75, 3.05) is 57.5 Å². The SMILES string of the molecule is CC1COCC[C@H]1N[C@@H]1CCC(C(=O)N2CCN(c3nccc(C(F)(F)F)n3)CC2)([C@@H]2CCOC2)C1. The van der Waals surface area contributed by atoms with Crippen LogP contribution in [-0.4, -0.2) is 85.5 Å². The molecule has 3 aliphatic heterocycles. The number of ether oxygens (including phenoxy) is 2. The third-order valence-corrected chi connectivity index (χ3v) is 8.56. The van der Waals surface area contributed by atoms with Crippen molar-refractivity contribution < 1.29 is 27.4 Å². The molecule has 4 heterocycles. The fourth-order valence-electron chi connectivity index (χ4n) is 6.44. The molecule has 3 saturated heterocycles. The van der Waals surface area contributed by atoms with Gasteiger partial charge in [0, 0.05) is 57.7 Å². The summed E-state index contributed by atoms with van der Waals surface area (Å²) in [5, 5.41) is 3.84. The van der Waals surface area contributed by atoms with E-state index in [1.54, 1.807) is 4.90 Å². The lowest BCUT2D eigenvalue weighted by molar-refractivity contribution is -0.146. The van der Waals surface area contributed by atoms with Crippen molar-refractivity contribution in [2.45, 2.75) is 57.3 Å². The first kappa shape index (κ1) is 25.7. The van der Waals surface area contributed by atoms with Gasteiger partial charge in [-0.2, -0.15) is 13.2 Å². The minimum Gasteiger partial charge on any atom is -0.381 e. The van der Waals surface area contributed by atoms with Gasteiger partial charge in [0.05, 0.1) is 18.6 Å². The number of hydrogen-bond donors (Lipinski definition) is 1. The van der Waals surface area contributed by atoms with Crippen LogP contribution in [0.2, 0.25) is 0 Å². The summed E-state index contributed by atoms with van der Waals surface area (Å²) in [6.07, 6.45) is 1.12. The van der Waals surface area contributed by atoms with Crippen LogP contribution >= 0.6 is 0 Å². The molecule has 1 amide bonds. The van der Waals surface area contributed by atoms with Crippen molar-refractivity contribution >= 4 is 11.9 Å². The van der Waals surface area contributed by atoms with Gasteiger partial charge in [0.2, 0.25) is 11.9 Å². The van der Waals surface area contributed by atoms with E-state index in [0.717, 1.165) is 57.6 Å². The minimum atomic E-state index is -4.51. The van der Waals surface area contributed by atoms with E-state index in [2.05, 4.69) is 22.2 Å².